The monoisotopic (exact) mass is 182 g/mol. The van der Waals surface area contributed by atoms with Crippen LogP contribution in [0.5, 0.6) is 0 Å². The van der Waals surface area contributed by atoms with Gasteiger partial charge in [-0.2, -0.15) is 0 Å². The lowest BCUT2D eigenvalue weighted by molar-refractivity contribution is 0.139. The predicted molar refractivity (Wildman–Crippen MR) is 55.5 cm³/mol. The Balaban J connectivity index is 1.66. The van der Waals surface area contributed by atoms with Crippen molar-refractivity contribution in [3.05, 3.63) is 0 Å². The van der Waals surface area contributed by atoms with Crippen molar-refractivity contribution in [1.82, 2.24) is 5.32 Å². The average molecular weight is 182 g/mol. The zero-order valence-electron chi connectivity index (χ0n) is 8.73. The molecule has 0 amide bonds. The van der Waals surface area contributed by atoms with Gasteiger partial charge in [-0.05, 0) is 43.1 Å². The van der Waals surface area contributed by atoms with E-state index in [-0.39, 0.29) is 0 Å². The Labute approximate surface area is 81.3 Å². The van der Waals surface area contributed by atoms with Gasteiger partial charge in [0.05, 0.1) is 0 Å². The minimum Gasteiger partial charge on any atom is -0.330 e. The number of nitrogens with two attached hydrogens (primary N) is 1. The first-order valence-electron chi connectivity index (χ1n) is 5.59. The van der Waals surface area contributed by atoms with Gasteiger partial charge in [0.15, 0.2) is 0 Å². The lowest BCUT2D eigenvalue weighted by Crippen LogP contribution is -2.46. The van der Waals surface area contributed by atoms with Crippen LogP contribution in [0.1, 0.15) is 39.0 Å². The molecule has 2 aliphatic rings. The molecule has 0 aliphatic heterocycles. The van der Waals surface area contributed by atoms with E-state index in [0.29, 0.717) is 10.8 Å². The van der Waals surface area contributed by atoms with Gasteiger partial charge in [-0.1, -0.05) is 13.3 Å². The Bertz CT molecular complexity index is 175. The van der Waals surface area contributed by atoms with Crippen LogP contribution in [-0.4, -0.2) is 19.6 Å². The second-order valence-corrected chi connectivity index (χ2v) is 5.47. The van der Waals surface area contributed by atoms with Crippen molar-refractivity contribution in [2.75, 3.05) is 19.6 Å². The molecule has 0 atom stereocenters. The van der Waals surface area contributed by atoms with E-state index in [9.17, 15) is 0 Å². The van der Waals surface area contributed by atoms with E-state index in [1.165, 1.54) is 38.6 Å². The summed E-state index contributed by atoms with van der Waals surface area (Å²) in [5, 5.41) is 3.60. The van der Waals surface area contributed by atoms with Crippen molar-refractivity contribution < 1.29 is 0 Å². The fourth-order valence-electron chi connectivity index (χ4n) is 2.15. The molecule has 0 heterocycles. The van der Waals surface area contributed by atoms with Crippen molar-refractivity contribution in [1.29, 1.82) is 0 Å². The van der Waals surface area contributed by atoms with Crippen LogP contribution in [0, 0.1) is 10.8 Å². The third-order valence-electron chi connectivity index (χ3n) is 4.00. The fourth-order valence-corrected chi connectivity index (χ4v) is 2.15. The molecule has 0 bridgehead atoms. The van der Waals surface area contributed by atoms with Crippen molar-refractivity contribution >= 4 is 0 Å². The molecule has 13 heavy (non-hydrogen) atoms. The molecule has 0 aromatic rings. The highest BCUT2D eigenvalue weighted by atomic mass is 14.9. The Hall–Kier alpha value is -0.0800. The summed E-state index contributed by atoms with van der Waals surface area (Å²) >= 11 is 0. The van der Waals surface area contributed by atoms with Gasteiger partial charge in [0, 0.05) is 13.1 Å². The summed E-state index contributed by atoms with van der Waals surface area (Å²) in [4.78, 5) is 0. The molecule has 2 nitrogen and oxygen atoms in total. The zero-order chi connectivity index (χ0) is 9.36. The SMILES string of the molecule is CC1(CNCC2(CN)CCC2)CC1. The topological polar surface area (TPSA) is 38.0 Å². The Morgan fingerprint density at radius 1 is 1.15 bits per heavy atom. The van der Waals surface area contributed by atoms with Crippen molar-refractivity contribution in [2.45, 2.75) is 39.0 Å². The molecule has 2 fully saturated rings. The first kappa shape index (κ1) is 9.47. The number of hydrogen-bond acceptors (Lipinski definition) is 2. The molecule has 2 aliphatic carbocycles. The van der Waals surface area contributed by atoms with Gasteiger partial charge in [0.1, 0.15) is 0 Å². The highest BCUT2D eigenvalue weighted by Crippen LogP contribution is 2.44. The predicted octanol–water partition coefficient (Wildman–Crippen LogP) is 1.51. The van der Waals surface area contributed by atoms with Crippen LogP contribution >= 0.6 is 0 Å². The van der Waals surface area contributed by atoms with Gasteiger partial charge in [-0.15, -0.1) is 0 Å². The normalized spacial score (nSPS) is 28.2. The van der Waals surface area contributed by atoms with Gasteiger partial charge in [-0.3, -0.25) is 0 Å². The minimum atomic E-state index is 0.477. The zero-order valence-corrected chi connectivity index (χ0v) is 8.73. The average Bonchev–Trinajstić information content (AvgIpc) is 2.75. The molecule has 76 valence electrons. The summed E-state index contributed by atoms with van der Waals surface area (Å²) in [5.74, 6) is 0. The molecular weight excluding hydrogens is 160 g/mol. The number of hydrogen-bond donors (Lipinski definition) is 2. The first-order valence-corrected chi connectivity index (χ1v) is 5.59. The molecule has 3 N–H and O–H groups in total. The van der Waals surface area contributed by atoms with Gasteiger partial charge >= 0.3 is 0 Å². The summed E-state index contributed by atoms with van der Waals surface area (Å²) in [6.07, 6.45) is 6.89. The van der Waals surface area contributed by atoms with Crippen LogP contribution < -0.4 is 11.1 Å². The van der Waals surface area contributed by atoms with Crippen LogP contribution in [0.25, 0.3) is 0 Å². The number of nitrogens with one attached hydrogen (secondary N) is 1. The molecule has 2 rings (SSSR count). The Kier molecular flexibility index (Phi) is 2.37. The lowest BCUT2D eigenvalue weighted by atomic mass is 9.69. The molecule has 0 unspecified atom stereocenters. The largest absolute Gasteiger partial charge is 0.330 e. The van der Waals surface area contributed by atoms with Crippen LogP contribution in [0.4, 0.5) is 0 Å². The van der Waals surface area contributed by atoms with Gasteiger partial charge in [0.2, 0.25) is 0 Å². The molecule has 0 saturated heterocycles. The van der Waals surface area contributed by atoms with Gasteiger partial charge in [0.25, 0.3) is 0 Å². The lowest BCUT2D eigenvalue weighted by Gasteiger charge is -2.41. The van der Waals surface area contributed by atoms with E-state index >= 15 is 0 Å². The molecular formula is C11H22N2. The van der Waals surface area contributed by atoms with Crippen molar-refractivity contribution in [2.24, 2.45) is 16.6 Å². The first-order chi connectivity index (χ1) is 6.18. The van der Waals surface area contributed by atoms with Crippen LogP contribution in [0.2, 0.25) is 0 Å². The summed E-state index contributed by atoms with van der Waals surface area (Å²) < 4.78 is 0. The standard InChI is InChI=1S/C11H22N2/c1-10(5-6-10)8-13-9-11(7-12)3-2-4-11/h13H,2-9,12H2,1H3. The second-order valence-electron chi connectivity index (χ2n) is 5.47. The maximum absolute atomic E-state index is 5.79. The maximum Gasteiger partial charge on any atom is 0.00201 e. The van der Waals surface area contributed by atoms with E-state index < -0.39 is 0 Å². The Morgan fingerprint density at radius 3 is 2.23 bits per heavy atom. The van der Waals surface area contributed by atoms with Crippen LogP contribution in [0.15, 0.2) is 0 Å². The highest BCUT2D eigenvalue weighted by Gasteiger charge is 2.39. The second kappa shape index (κ2) is 3.25. The fraction of sp³-hybridized carbons (Fsp3) is 1.00. The van der Waals surface area contributed by atoms with E-state index in [1.54, 1.807) is 0 Å². The van der Waals surface area contributed by atoms with E-state index in [0.717, 1.165) is 13.1 Å². The number of rotatable bonds is 5. The minimum absolute atomic E-state index is 0.477. The molecule has 0 aromatic carbocycles. The third-order valence-corrected chi connectivity index (χ3v) is 4.00. The summed E-state index contributed by atoms with van der Waals surface area (Å²) in [5.41, 5.74) is 6.91. The van der Waals surface area contributed by atoms with Crippen molar-refractivity contribution in [3.63, 3.8) is 0 Å². The van der Waals surface area contributed by atoms with Crippen LogP contribution in [0.3, 0.4) is 0 Å². The smallest absolute Gasteiger partial charge is 0.00201 e. The maximum atomic E-state index is 5.79. The molecule has 0 radical (unpaired) electrons. The molecule has 0 aromatic heterocycles. The van der Waals surface area contributed by atoms with Crippen molar-refractivity contribution in [3.8, 4) is 0 Å². The summed E-state index contributed by atoms with van der Waals surface area (Å²) in [6, 6.07) is 0. The molecule has 0 spiro atoms. The third kappa shape index (κ3) is 2.05. The van der Waals surface area contributed by atoms with Gasteiger partial charge < -0.3 is 11.1 Å². The summed E-state index contributed by atoms with van der Waals surface area (Å²) in [6.45, 7) is 5.60. The molecule has 2 saturated carbocycles. The quantitative estimate of drug-likeness (QED) is 0.676. The van der Waals surface area contributed by atoms with Gasteiger partial charge in [-0.25, -0.2) is 0 Å². The van der Waals surface area contributed by atoms with E-state index in [4.69, 9.17) is 5.73 Å². The Morgan fingerprint density at radius 2 is 1.85 bits per heavy atom. The van der Waals surface area contributed by atoms with E-state index in [2.05, 4.69) is 12.2 Å². The van der Waals surface area contributed by atoms with Crippen LogP contribution in [-0.2, 0) is 0 Å². The molecule has 2 heteroatoms. The highest BCUT2D eigenvalue weighted by molar-refractivity contribution is 4.94. The summed E-state index contributed by atoms with van der Waals surface area (Å²) in [7, 11) is 0. The van der Waals surface area contributed by atoms with E-state index in [1.807, 2.05) is 0 Å².